The summed E-state index contributed by atoms with van der Waals surface area (Å²) in [5.74, 6) is 1.43. The number of fused-ring (bicyclic) bond motifs is 1. The molecule has 3 rings (SSSR count). The first-order chi connectivity index (χ1) is 8.49. The largest absolute Gasteiger partial charge is 0.399 e. The van der Waals surface area contributed by atoms with Gasteiger partial charge in [-0.1, -0.05) is 13.8 Å². The minimum absolute atomic E-state index is 0.183. The lowest BCUT2D eigenvalue weighted by Crippen LogP contribution is -2.37. The summed E-state index contributed by atoms with van der Waals surface area (Å²) in [5.41, 5.74) is 7.75. The van der Waals surface area contributed by atoms with Crippen LogP contribution in [-0.4, -0.2) is 18.2 Å². The van der Waals surface area contributed by atoms with Gasteiger partial charge in [0.25, 0.3) is 0 Å². The number of hydrogen-bond donors (Lipinski definition) is 1. The number of carbonyl (C=O) groups is 1. The van der Waals surface area contributed by atoms with Gasteiger partial charge in [-0.15, -0.1) is 11.8 Å². The van der Waals surface area contributed by atoms with Crippen molar-refractivity contribution in [3.8, 4) is 0 Å². The summed E-state index contributed by atoms with van der Waals surface area (Å²) >= 11 is 1.80. The SMILES string of the molecule is CC1(C)CC1C(=O)N1CCSc2ccc(N)cc21. The predicted octanol–water partition coefficient (Wildman–Crippen LogP) is 2.75. The minimum atomic E-state index is 0.183. The van der Waals surface area contributed by atoms with Gasteiger partial charge in [0.1, 0.15) is 0 Å². The molecule has 1 aromatic rings. The van der Waals surface area contributed by atoms with Crippen molar-refractivity contribution in [2.24, 2.45) is 11.3 Å². The van der Waals surface area contributed by atoms with Crippen LogP contribution in [0, 0.1) is 11.3 Å². The molecule has 1 amide bonds. The molecule has 0 spiro atoms. The van der Waals surface area contributed by atoms with E-state index in [1.54, 1.807) is 11.8 Å². The van der Waals surface area contributed by atoms with Crippen LogP contribution in [0.5, 0.6) is 0 Å². The van der Waals surface area contributed by atoms with Gasteiger partial charge >= 0.3 is 0 Å². The molecule has 3 nitrogen and oxygen atoms in total. The van der Waals surface area contributed by atoms with Crippen molar-refractivity contribution in [2.75, 3.05) is 22.9 Å². The van der Waals surface area contributed by atoms with Crippen LogP contribution in [-0.2, 0) is 4.79 Å². The average molecular weight is 262 g/mol. The van der Waals surface area contributed by atoms with Crippen LogP contribution in [0.25, 0.3) is 0 Å². The zero-order valence-electron chi connectivity index (χ0n) is 10.8. The molecule has 0 radical (unpaired) electrons. The molecule has 1 aromatic carbocycles. The Morgan fingerprint density at radius 1 is 1.50 bits per heavy atom. The van der Waals surface area contributed by atoms with E-state index in [2.05, 4.69) is 13.8 Å². The molecule has 1 unspecified atom stereocenters. The van der Waals surface area contributed by atoms with Gasteiger partial charge in [0.05, 0.1) is 5.69 Å². The molecule has 0 bridgehead atoms. The highest BCUT2D eigenvalue weighted by molar-refractivity contribution is 7.99. The van der Waals surface area contributed by atoms with Crippen LogP contribution in [0.3, 0.4) is 0 Å². The number of amides is 1. The van der Waals surface area contributed by atoms with E-state index in [4.69, 9.17) is 5.73 Å². The quantitative estimate of drug-likeness (QED) is 0.792. The minimum Gasteiger partial charge on any atom is -0.399 e. The topological polar surface area (TPSA) is 46.3 Å². The molecule has 1 fully saturated rings. The first-order valence-corrected chi connectivity index (χ1v) is 7.31. The Labute approximate surface area is 112 Å². The van der Waals surface area contributed by atoms with Crippen molar-refractivity contribution in [3.05, 3.63) is 18.2 Å². The van der Waals surface area contributed by atoms with E-state index in [1.165, 1.54) is 4.90 Å². The maximum absolute atomic E-state index is 12.5. The third-order valence-electron chi connectivity index (χ3n) is 3.92. The third kappa shape index (κ3) is 1.88. The van der Waals surface area contributed by atoms with Crippen molar-refractivity contribution >= 4 is 29.0 Å². The normalized spacial score (nSPS) is 24.6. The number of nitrogens with zero attached hydrogens (tertiary/aromatic N) is 1. The summed E-state index contributed by atoms with van der Waals surface area (Å²) in [6, 6.07) is 5.85. The van der Waals surface area contributed by atoms with Crippen LogP contribution in [0.1, 0.15) is 20.3 Å². The lowest BCUT2D eigenvalue weighted by Gasteiger charge is -2.30. The Bertz CT molecular complexity index is 513. The summed E-state index contributed by atoms with van der Waals surface area (Å²) in [7, 11) is 0. The van der Waals surface area contributed by atoms with Crippen LogP contribution >= 0.6 is 11.8 Å². The highest BCUT2D eigenvalue weighted by Gasteiger charge is 2.52. The average Bonchev–Trinajstić information content (AvgIpc) is 2.97. The Kier molecular flexibility index (Phi) is 2.59. The predicted molar refractivity (Wildman–Crippen MR) is 75.8 cm³/mol. The molecule has 1 aliphatic carbocycles. The van der Waals surface area contributed by atoms with Gasteiger partial charge < -0.3 is 10.6 Å². The fraction of sp³-hybridized carbons (Fsp3) is 0.500. The molecule has 2 aliphatic rings. The molecule has 1 atom stereocenters. The molecular formula is C14H18N2OS. The molecule has 0 saturated heterocycles. The highest BCUT2D eigenvalue weighted by Crippen LogP contribution is 2.53. The molecule has 2 N–H and O–H groups in total. The van der Waals surface area contributed by atoms with E-state index >= 15 is 0 Å². The van der Waals surface area contributed by atoms with E-state index < -0.39 is 0 Å². The molecule has 1 heterocycles. The monoisotopic (exact) mass is 262 g/mol. The summed E-state index contributed by atoms with van der Waals surface area (Å²) < 4.78 is 0. The first-order valence-electron chi connectivity index (χ1n) is 6.33. The molecule has 1 saturated carbocycles. The van der Waals surface area contributed by atoms with E-state index in [0.29, 0.717) is 0 Å². The number of benzene rings is 1. The maximum Gasteiger partial charge on any atom is 0.230 e. The van der Waals surface area contributed by atoms with Crippen molar-refractivity contribution in [1.82, 2.24) is 0 Å². The van der Waals surface area contributed by atoms with Gasteiger partial charge in [-0.05, 0) is 30.0 Å². The number of rotatable bonds is 1. The zero-order chi connectivity index (χ0) is 12.9. The number of nitrogen functional groups attached to an aromatic ring is 1. The summed E-state index contributed by atoms with van der Waals surface area (Å²) in [6.45, 7) is 5.12. The smallest absolute Gasteiger partial charge is 0.230 e. The third-order valence-corrected chi connectivity index (χ3v) is 4.97. The Balaban J connectivity index is 1.92. The number of nitrogens with two attached hydrogens (primary N) is 1. The van der Waals surface area contributed by atoms with Crippen molar-refractivity contribution < 1.29 is 4.79 Å². The Morgan fingerprint density at radius 2 is 2.22 bits per heavy atom. The molecule has 18 heavy (non-hydrogen) atoms. The summed E-state index contributed by atoms with van der Waals surface area (Å²) in [6.07, 6.45) is 1.01. The standard InChI is InChI=1S/C14H18N2OS/c1-14(2)8-10(14)13(17)16-5-6-18-12-4-3-9(15)7-11(12)16/h3-4,7,10H,5-6,8,15H2,1-2H3. The molecule has 4 heteroatoms. The number of hydrogen-bond acceptors (Lipinski definition) is 3. The van der Waals surface area contributed by atoms with Gasteiger partial charge in [0.2, 0.25) is 5.91 Å². The van der Waals surface area contributed by atoms with Crippen LogP contribution in [0.4, 0.5) is 11.4 Å². The van der Waals surface area contributed by atoms with Crippen molar-refractivity contribution in [1.29, 1.82) is 0 Å². The van der Waals surface area contributed by atoms with Gasteiger partial charge in [-0.25, -0.2) is 0 Å². The first kappa shape index (κ1) is 11.9. The number of thioether (sulfide) groups is 1. The van der Waals surface area contributed by atoms with Crippen molar-refractivity contribution in [2.45, 2.75) is 25.2 Å². The van der Waals surface area contributed by atoms with Gasteiger partial charge in [-0.3, -0.25) is 4.79 Å². The van der Waals surface area contributed by atoms with Crippen LogP contribution < -0.4 is 10.6 Å². The zero-order valence-corrected chi connectivity index (χ0v) is 11.6. The maximum atomic E-state index is 12.5. The summed E-state index contributed by atoms with van der Waals surface area (Å²) in [4.78, 5) is 15.6. The van der Waals surface area contributed by atoms with E-state index in [0.717, 1.165) is 30.1 Å². The molecular weight excluding hydrogens is 244 g/mol. The van der Waals surface area contributed by atoms with E-state index in [1.807, 2.05) is 23.1 Å². The van der Waals surface area contributed by atoms with E-state index in [-0.39, 0.29) is 17.2 Å². The van der Waals surface area contributed by atoms with Crippen LogP contribution in [0.2, 0.25) is 0 Å². The van der Waals surface area contributed by atoms with Gasteiger partial charge in [0, 0.05) is 28.8 Å². The fourth-order valence-corrected chi connectivity index (χ4v) is 3.52. The van der Waals surface area contributed by atoms with Crippen molar-refractivity contribution in [3.63, 3.8) is 0 Å². The van der Waals surface area contributed by atoms with Gasteiger partial charge in [-0.2, -0.15) is 0 Å². The number of carbonyl (C=O) groups excluding carboxylic acids is 1. The number of anilines is 2. The van der Waals surface area contributed by atoms with E-state index in [9.17, 15) is 4.79 Å². The van der Waals surface area contributed by atoms with Gasteiger partial charge in [0.15, 0.2) is 0 Å². The lowest BCUT2D eigenvalue weighted by molar-refractivity contribution is -0.120. The second-order valence-corrected chi connectivity index (χ2v) is 6.95. The summed E-state index contributed by atoms with van der Waals surface area (Å²) in [5, 5.41) is 0. The lowest BCUT2D eigenvalue weighted by atomic mass is 10.1. The second-order valence-electron chi connectivity index (χ2n) is 5.81. The molecule has 0 aromatic heterocycles. The fourth-order valence-electron chi connectivity index (χ4n) is 2.54. The Morgan fingerprint density at radius 3 is 2.89 bits per heavy atom. The molecule has 96 valence electrons. The van der Waals surface area contributed by atoms with Crippen LogP contribution in [0.15, 0.2) is 23.1 Å². The second kappa shape index (κ2) is 3.92. The highest BCUT2D eigenvalue weighted by atomic mass is 32.2. The Hall–Kier alpha value is -1.16. The molecule has 1 aliphatic heterocycles.